The lowest BCUT2D eigenvalue weighted by Crippen LogP contribution is -2.13. The van der Waals surface area contributed by atoms with Crippen LogP contribution in [0, 0.1) is 0 Å². The molecule has 1 heterocycles. The molecule has 2 aromatic rings. The summed E-state index contributed by atoms with van der Waals surface area (Å²) in [6, 6.07) is 8.07. The molecule has 0 radical (unpaired) electrons. The van der Waals surface area contributed by atoms with Gasteiger partial charge in [-0.15, -0.1) is 0 Å². The summed E-state index contributed by atoms with van der Waals surface area (Å²) in [5.74, 6) is 0. The van der Waals surface area contributed by atoms with Crippen LogP contribution in [0.4, 0.5) is 0 Å². The Morgan fingerprint density at radius 3 is 2.94 bits per heavy atom. The van der Waals surface area contributed by atoms with Crippen molar-refractivity contribution in [3.05, 3.63) is 46.7 Å². The standard InChI is InChI=1S/C13H16BrN3/c1-2-7-15-8-11-9-16-17(10-11)13-6-4-3-5-12(13)14/h3-6,9-10,15H,2,7-8H2,1H3. The third-order valence-corrected chi connectivity index (χ3v) is 3.16. The predicted molar refractivity (Wildman–Crippen MR) is 73.3 cm³/mol. The first-order valence-corrected chi connectivity index (χ1v) is 6.59. The maximum atomic E-state index is 4.37. The zero-order valence-electron chi connectivity index (χ0n) is 9.86. The van der Waals surface area contributed by atoms with Crippen LogP contribution in [0.1, 0.15) is 18.9 Å². The Hall–Kier alpha value is -1.13. The molecule has 0 aliphatic heterocycles. The van der Waals surface area contributed by atoms with E-state index in [-0.39, 0.29) is 0 Å². The van der Waals surface area contributed by atoms with Crippen molar-refractivity contribution in [2.45, 2.75) is 19.9 Å². The molecule has 0 saturated heterocycles. The number of nitrogens with one attached hydrogen (secondary N) is 1. The number of benzene rings is 1. The second kappa shape index (κ2) is 5.98. The smallest absolute Gasteiger partial charge is 0.0787 e. The molecule has 17 heavy (non-hydrogen) atoms. The topological polar surface area (TPSA) is 29.9 Å². The summed E-state index contributed by atoms with van der Waals surface area (Å²) in [6.07, 6.45) is 5.11. The first kappa shape index (κ1) is 12.3. The molecule has 0 unspecified atom stereocenters. The first-order valence-electron chi connectivity index (χ1n) is 5.80. The minimum Gasteiger partial charge on any atom is -0.313 e. The van der Waals surface area contributed by atoms with E-state index in [0.29, 0.717) is 0 Å². The van der Waals surface area contributed by atoms with Crippen molar-refractivity contribution in [1.82, 2.24) is 15.1 Å². The molecule has 1 aromatic heterocycles. The predicted octanol–water partition coefficient (Wildman–Crippen LogP) is 3.13. The number of halogens is 1. The van der Waals surface area contributed by atoms with Crippen molar-refractivity contribution in [2.75, 3.05) is 6.54 Å². The van der Waals surface area contributed by atoms with Gasteiger partial charge in [0, 0.05) is 22.8 Å². The third-order valence-electron chi connectivity index (χ3n) is 2.49. The molecule has 0 aliphatic rings. The zero-order valence-corrected chi connectivity index (χ0v) is 11.4. The third kappa shape index (κ3) is 3.17. The van der Waals surface area contributed by atoms with E-state index in [0.717, 1.165) is 29.7 Å². The average molecular weight is 294 g/mol. The fraction of sp³-hybridized carbons (Fsp3) is 0.308. The van der Waals surface area contributed by atoms with Gasteiger partial charge < -0.3 is 5.32 Å². The molecule has 0 fully saturated rings. The van der Waals surface area contributed by atoms with E-state index >= 15 is 0 Å². The summed E-state index contributed by atoms with van der Waals surface area (Å²) in [4.78, 5) is 0. The number of para-hydroxylation sites is 1. The molecule has 1 N–H and O–H groups in total. The van der Waals surface area contributed by atoms with E-state index in [1.807, 2.05) is 35.1 Å². The number of aromatic nitrogens is 2. The van der Waals surface area contributed by atoms with E-state index in [4.69, 9.17) is 0 Å². The second-order valence-corrected chi connectivity index (χ2v) is 4.78. The van der Waals surface area contributed by atoms with Crippen molar-refractivity contribution in [3.8, 4) is 5.69 Å². The Morgan fingerprint density at radius 1 is 1.35 bits per heavy atom. The summed E-state index contributed by atoms with van der Waals surface area (Å²) < 4.78 is 2.95. The van der Waals surface area contributed by atoms with Crippen LogP contribution in [-0.4, -0.2) is 16.3 Å². The lowest BCUT2D eigenvalue weighted by molar-refractivity contribution is 0.675. The number of nitrogens with zero attached hydrogens (tertiary/aromatic N) is 2. The van der Waals surface area contributed by atoms with E-state index in [1.165, 1.54) is 5.56 Å². The van der Waals surface area contributed by atoms with Gasteiger partial charge in [-0.2, -0.15) is 5.10 Å². The van der Waals surface area contributed by atoms with Crippen LogP contribution in [-0.2, 0) is 6.54 Å². The van der Waals surface area contributed by atoms with Crippen LogP contribution in [0.2, 0.25) is 0 Å². The highest BCUT2D eigenvalue weighted by molar-refractivity contribution is 9.10. The molecule has 3 nitrogen and oxygen atoms in total. The second-order valence-electron chi connectivity index (χ2n) is 3.92. The van der Waals surface area contributed by atoms with Crippen LogP contribution in [0.5, 0.6) is 0 Å². The number of hydrogen-bond donors (Lipinski definition) is 1. The Bertz CT molecular complexity index is 479. The molecule has 0 atom stereocenters. The summed E-state index contributed by atoms with van der Waals surface area (Å²) in [5.41, 5.74) is 2.27. The molecule has 1 aromatic carbocycles. The minimum atomic E-state index is 0.873. The van der Waals surface area contributed by atoms with Gasteiger partial charge in [-0.1, -0.05) is 19.1 Å². The molecule has 0 spiro atoms. The fourth-order valence-electron chi connectivity index (χ4n) is 1.63. The van der Waals surface area contributed by atoms with Gasteiger partial charge in [0.15, 0.2) is 0 Å². The lowest BCUT2D eigenvalue weighted by Gasteiger charge is -2.03. The van der Waals surface area contributed by atoms with E-state index in [9.17, 15) is 0 Å². The number of hydrogen-bond acceptors (Lipinski definition) is 2. The van der Waals surface area contributed by atoms with Crippen LogP contribution in [0.3, 0.4) is 0 Å². The number of rotatable bonds is 5. The van der Waals surface area contributed by atoms with Gasteiger partial charge in [-0.3, -0.25) is 0 Å². The van der Waals surface area contributed by atoms with Crippen LogP contribution in [0.15, 0.2) is 41.1 Å². The Labute approximate surface area is 110 Å². The average Bonchev–Trinajstić information content (AvgIpc) is 2.79. The molecule has 2 rings (SSSR count). The first-order chi connectivity index (χ1) is 8.31. The van der Waals surface area contributed by atoms with E-state index in [2.05, 4.69) is 39.5 Å². The molecule has 0 aliphatic carbocycles. The van der Waals surface area contributed by atoms with Crippen molar-refractivity contribution in [3.63, 3.8) is 0 Å². The van der Waals surface area contributed by atoms with Gasteiger partial charge in [0.25, 0.3) is 0 Å². The summed E-state index contributed by atoms with van der Waals surface area (Å²) in [5, 5.41) is 7.74. The minimum absolute atomic E-state index is 0.873. The van der Waals surface area contributed by atoms with Crippen molar-refractivity contribution < 1.29 is 0 Å². The molecular weight excluding hydrogens is 278 g/mol. The molecule has 0 bridgehead atoms. The highest BCUT2D eigenvalue weighted by Gasteiger charge is 2.03. The molecular formula is C13H16BrN3. The monoisotopic (exact) mass is 293 g/mol. The van der Waals surface area contributed by atoms with E-state index < -0.39 is 0 Å². The lowest BCUT2D eigenvalue weighted by atomic mass is 10.3. The molecule has 0 amide bonds. The summed E-state index contributed by atoms with van der Waals surface area (Å²) in [7, 11) is 0. The van der Waals surface area contributed by atoms with Crippen LogP contribution >= 0.6 is 15.9 Å². The maximum Gasteiger partial charge on any atom is 0.0787 e. The van der Waals surface area contributed by atoms with Gasteiger partial charge in [0.2, 0.25) is 0 Å². The van der Waals surface area contributed by atoms with Gasteiger partial charge in [-0.25, -0.2) is 4.68 Å². The van der Waals surface area contributed by atoms with Crippen molar-refractivity contribution in [2.24, 2.45) is 0 Å². The van der Waals surface area contributed by atoms with Crippen LogP contribution < -0.4 is 5.32 Å². The fourth-order valence-corrected chi connectivity index (χ4v) is 2.10. The van der Waals surface area contributed by atoms with Crippen molar-refractivity contribution in [1.29, 1.82) is 0 Å². The van der Waals surface area contributed by atoms with Gasteiger partial charge >= 0.3 is 0 Å². The van der Waals surface area contributed by atoms with Crippen LogP contribution in [0.25, 0.3) is 5.69 Å². The van der Waals surface area contributed by atoms with Gasteiger partial charge in [0.1, 0.15) is 0 Å². The molecule has 4 heteroatoms. The molecule has 0 saturated carbocycles. The highest BCUT2D eigenvalue weighted by atomic mass is 79.9. The Morgan fingerprint density at radius 2 is 2.18 bits per heavy atom. The van der Waals surface area contributed by atoms with Gasteiger partial charge in [-0.05, 0) is 41.0 Å². The van der Waals surface area contributed by atoms with E-state index in [1.54, 1.807) is 0 Å². The highest BCUT2D eigenvalue weighted by Crippen LogP contribution is 2.19. The molecule has 90 valence electrons. The van der Waals surface area contributed by atoms with Gasteiger partial charge in [0.05, 0.1) is 11.9 Å². The maximum absolute atomic E-state index is 4.37. The normalized spacial score (nSPS) is 10.7. The Balaban J connectivity index is 2.10. The zero-order chi connectivity index (χ0) is 12.1. The Kier molecular flexibility index (Phi) is 4.34. The SMILES string of the molecule is CCCNCc1cnn(-c2ccccc2Br)c1. The quantitative estimate of drug-likeness (QED) is 0.859. The van der Waals surface area contributed by atoms with Crippen molar-refractivity contribution >= 4 is 15.9 Å². The summed E-state index contributed by atoms with van der Waals surface area (Å²) in [6.45, 7) is 4.08. The summed E-state index contributed by atoms with van der Waals surface area (Å²) >= 11 is 3.53. The largest absolute Gasteiger partial charge is 0.313 e.